The van der Waals surface area contributed by atoms with Crippen molar-refractivity contribution in [1.29, 1.82) is 0 Å². The van der Waals surface area contributed by atoms with Gasteiger partial charge in [-0.1, -0.05) is 24.9 Å². The zero-order valence-corrected chi connectivity index (χ0v) is 13.1. The van der Waals surface area contributed by atoms with Crippen molar-refractivity contribution in [1.82, 2.24) is 9.55 Å². The predicted octanol–water partition coefficient (Wildman–Crippen LogP) is 5.32. The highest BCUT2D eigenvalue weighted by Gasteiger charge is 2.33. The van der Waals surface area contributed by atoms with Gasteiger partial charge in [-0.25, -0.2) is 9.37 Å². The fourth-order valence-corrected chi connectivity index (χ4v) is 3.25. The monoisotopic (exact) mass is 314 g/mol. The molecule has 1 aromatic heterocycles. The van der Waals surface area contributed by atoms with Gasteiger partial charge in [0.15, 0.2) is 0 Å². The average Bonchev–Trinajstić information content (AvgIpc) is 2.67. The topological polar surface area (TPSA) is 17.8 Å². The summed E-state index contributed by atoms with van der Waals surface area (Å²) in [4.78, 5) is 4.49. The Bertz CT molecular complexity index is 659. The van der Waals surface area contributed by atoms with Crippen molar-refractivity contribution in [2.24, 2.45) is 5.41 Å². The second-order valence-corrected chi connectivity index (χ2v) is 7.15. The molecule has 1 aliphatic carbocycles. The van der Waals surface area contributed by atoms with E-state index in [0.29, 0.717) is 5.52 Å². The summed E-state index contributed by atoms with van der Waals surface area (Å²) in [5.74, 6) is 0.351. The van der Waals surface area contributed by atoms with Crippen molar-refractivity contribution < 1.29 is 4.39 Å². The summed E-state index contributed by atoms with van der Waals surface area (Å²) < 4.78 is 15.7. The second kappa shape index (κ2) is 4.88. The molecule has 1 aliphatic rings. The lowest BCUT2D eigenvalue weighted by atomic mass is 9.70. The lowest BCUT2D eigenvalue weighted by molar-refractivity contribution is 0.132. The molecule has 3 rings (SSSR count). The molecule has 108 valence electrons. The van der Waals surface area contributed by atoms with E-state index in [1.165, 1.54) is 25.3 Å². The Morgan fingerprint density at radius 1 is 1.45 bits per heavy atom. The van der Waals surface area contributed by atoms with Crippen LogP contribution in [0.4, 0.5) is 4.39 Å². The number of hydrogen-bond acceptors (Lipinski definition) is 1. The van der Waals surface area contributed by atoms with E-state index in [0.717, 1.165) is 17.9 Å². The number of hydrogen-bond donors (Lipinski definition) is 0. The van der Waals surface area contributed by atoms with Crippen molar-refractivity contribution in [2.45, 2.75) is 45.0 Å². The first-order valence-electron chi connectivity index (χ1n) is 6.89. The molecule has 1 saturated carbocycles. The molecule has 1 heterocycles. The smallest absolute Gasteiger partial charge is 0.144 e. The Morgan fingerprint density at radius 2 is 2.15 bits per heavy atom. The molecule has 0 amide bonds. The standard InChI is InChI=1S/C15H17Cl2FN2/c1-9(16)14-19-12-7-11(18)10(17)6-13(12)20(14)8-15(2)4-3-5-15/h6-7,9H,3-5,8H2,1-2H3. The maximum Gasteiger partial charge on any atom is 0.144 e. The molecule has 20 heavy (non-hydrogen) atoms. The number of fused-ring (bicyclic) bond motifs is 1. The Morgan fingerprint density at radius 3 is 2.70 bits per heavy atom. The van der Waals surface area contributed by atoms with Crippen LogP contribution in [0.5, 0.6) is 0 Å². The van der Waals surface area contributed by atoms with Crippen LogP contribution in [0.25, 0.3) is 11.0 Å². The molecular formula is C15H17Cl2FN2. The van der Waals surface area contributed by atoms with Crippen molar-refractivity contribution >= 4 is 34.2 Å². The highest BCUT2D eigenvalue weighted by molar-refractivity contribution is 6.31. The van der Waals surface area contributed by atoms with Crippen molar-refractivity contribution in [3.63, 3.8) is 0 Å². The summed E-state index contributed by atoms with van der Waals surface area (Å²) in [6.07, 6.45) is 3.68. The Kier molecular flexibility index (Phi) is 3.46. The summed E-state index contributed by atoms with van der Waals surface area (Å²) in [7, 11) is 0. The van der Waals surface area contributed by atoms with E-state index in [-0.39, 0.29) is 15.8 Å². The number of alkyl halides is 1. The largest absolute Gasteiger partial charge is 0.326 e. The van der Waals surface area contributed by atoms with E-state index in [1.54, 1.807) is 6.07 Å². The summed E-state index contributed by atoms with van der Waals surface area (Å²) in [6, 6.07) is 3.05. The summed E-state index contributed by atoms with van der Waals surface area (Å²) in [6.45, 7) is 5.02. The maximum atomic E-state index is 13.6. The van der Waals surface area contributed by atoms with Gasteiger partial charge in [0.05, 0.1) is 21.4 Å². The van der Waals surface area contributed by atoms with E-state index in [4.69, 9.17) is 23.2 Å². The number of aromatic nitrogens is 2. The fourth-order valence-electron chi connectivity index (χ4n) is 2.93. The second-order valence-electron chi connectivity index (χ2n) is 6.09. The molecule has 1 unspecified atom stereocenters. The predicted molar refractivity (Wildman–Crippen MR) is 80.9 cm³/mol. The molecule has 0 spiro atoms. The third-order valence-corrected chi connectivity index (χ3v) is 4.76. The highest BCUT2D eigenvalue weighted by Crippen LogP contribution is 2.43. The number of rotatable bonds is 3. The van der Waals surface area contributed by atoms with Gasteiger partial charge in [-0.2, -0.15) is 0 Å². The minimum Gasteiger partial charge on any atom is -0.326 e. The van der Waals surface area contributed by atoms with E-state index in [9.17, 15) is 4.39 Å². The number of halogens is 3. The molecule has 0 bridgehead atoms. The quantitative estimate of drug-likeness (QED) is 0.701. The van der Waals surface area contributed by atoms with Gasteiger partial charge in [0, 0.05) is 12.6 Å². The molecule has 0 aliphatic heterocycles. The first kappa shape index (κ1) is 14.2. The van der Waals surface area contributed by atoms with E-state index < -0.39 is 5.82 Å². The number of nitrogens with zero attached hydrogens (tertiary/aromatic N) is 2. The van der Waals surface area contributed by atoms with Gasteiger partial charge in [-0.15, -0.1) is 11.6 Å². The molecule has 1 fully saturated rings. The molecule has 2 aromatic rings. The number of benzene rings is 1. The maximum absolute atomic E-state index is 13.6. The van der Waals surface area contributed by atoms with E-state index in [2.05, 4.69) is 16.5 Å². The molecule has 5 heteroatoms. The molecule has 0 N–H and O–H groups in total. The van der Waals surface area contributed by atoms with Crippen LogP contribution < -0.4 is 0 Å². The zero-order valence-electron chi connectivity index (χ0n) is 11.6. The molecule has 1 aromatic carbocycles. The van der Waals surface area contributed by atoms with E-state index in [1.807, 2.05) is 6.92 Å². The minimum absolute atomic E-state index is 0.131. The van der Waals surface area contributed by atoms with Crippen molar-refractivity contribution in [2.75, 3.05) is 0 Å². The number of imidazole rings is 1. The Balaban J connectivity index is 2.15. The summed E-state index contributed by atoms with van der Waals surface area (Å²) in [5, 5.41) is -0.0842. The van der Waals surface area contributed by atoms with Crippen LogP contribution >= 0.6 is 23.2 Å². The molecule has 0 radical (unpaired) electrons. The summed E-state index contributed by atoms with van der Waals surface area (Å²) in [5.41, 5.74) is 1.78. The van der Waals surface area contributed by atoms with Crippen molar-refractivity contribution in [3.05, 3.63) is 28.8 Å². The Hall–Kier alpha value is -0.800. The van der Waals surface area contributed by atoms with Crippen LogP contribution in [0.1, 0.15) is 44.3 Å². The van der Waals surface area contributed by atoms with Crippen LogP contribution in [0.2, 0.25) is 5.02 Å². The van der Waals surface area contributed by atoms with Gasteiger partial charge in [-0.05, 0) is 31.2 Å². The summed E-state index contributed by atoms with van der Waals surface area (Å²) >= 11 is 12.2. The van der Waals surface area contributed by atoms with Gasteiger partial charge in [-0.3, -0.25) is 0 Å². The first-order chi connectivity index (χ1) is 9.39. The van der Waals surface area contributed by atoms with Gasteiger partial charge in [0.1, 0.15) is 11.6 Å². The third-order valence-electron chi connectivity index (χ3n) is 4.28. The molecule has 1 atom stereocenters. The molecule has 0 saturated heterocycles. The van der Waals surface area contributed by atoms with Gasteiger partial charge in [0.2, 0.25) is 0 Å². The lowest BCUT2D eigenvalue weighted by Crippen LogP contribution is -2.31. The van der Waals surface area contributed by atoms with Crippen molar-refractivity contribution in [3.8, 4) is 0 Å². The fraction of sp³-hybridized carbons (Fsp3) is 0.533. The van der Waals surface area contributed by atoms with Gasteiger partial charge in [0.25, 0.3) is 0 Å². The van der Waals surface area contributed by atoms with Crippen LogP contribution in [-0.2, 0) is 6.54 Å². The van der Waals surface area contributed by atoms with E-state index >= 15 is 0 Å². The van der Waals surface area contributed by atoms with Gasteiger partial charge >= 0.3 is 0 Å². The lowest BCUT2D eigenvalue weighted by Gasteiger charge is -2.39. The highest BCUT2D eigenvalue weighted by atomic mass is 35.5. The zero-order chi connectivity index (χ0) is 14.5. The van der Waals surface area contributed by atoms with Crippen LogP contribution in [0.15, 0.2) is 12.1 Å². The van der Waals surface area contributed by atoms with Crippen LogP contribution in [0, 0.1) is 11.2 Å². The SMILES string of the molecule is CC(Cl)c1nc2cc(F)c(Cl)cc2n1CC1(C)CCC1. The van der Waals surface area contributed by atoms with Crippen LogP contribution in [0.3, 0.4) is 0 Å². The Labute approximate surface area is 127 Å². The average molecular weight is 315 g/mol. The normalized spacial score (nSPS) is 19.1. The van der Waals surface area contributed by atoms with Gasteiger partial charge < -0.3 is 4.57 Å². The molecular weight excluding hydrogens is 298 g/mol. The minimum atomic E-state index is -0.438. The third kappa shape index (κ3) is 2.31. The van der Waals surface area contributed by atoms with Crippen LogP contribution in [-0.4, -0.2) is 9.55 Å². The first-order valence-corrected chi connectivity index (χ1v) is 7.70. The molecule has 2 nitrogen and oxygen atoms in total.